The Morgan fingerprint density at radius 2 is 2.31 bits per heavy atom. The molecule has 84 valence electrons. The fourth-order valence-corrected chi connectivity index (χ4v) is 4.03. The van der Waals surface area contributed by atoms with Crippen LogP contribution in [-0.2, 0) is 6.54 Å². The number of hydrogen-bond donors (Lipinski definition) is 1. The van der Waals surface area contributed by atoms with E-state index in [-0.39, 0.29) is 0 Å². The molecule has 1 aromatic heterocycles. The van der Waals surface area contributed by atoms with Gasteiger partial charge in [0.1, 0.15) is 5.01 Å². The van der Waals surface area contributed by atoms with Crippen molar-refractivity contribution in [3.63, 3.8) is 0 Å². The minimum Gasteiger partial charge on any atom is -0.307 e. The second-order valence-electron chi connectivity index (χ2n) is 4.02. The molecule has 0 spiro atoms. The van der Waals surface area contributed by atoms with Crippen LogP contribution in [0.5, 0.6) is 0 Å². The number of fused-ring (bicyclic) bond motifs is 1. The maximum absolute atomic E-state index is 4.62. The van der Waals surface area contributed by atoms with Gasteiger partial charge in [-0.05, 0) is 24.3 Å². The first-order chi connectivity index (χ1) is 7.92. The van der Waals surface area contributed by atoms with Gasteiger partial charge in [0.2, 0.25) is 0 Å². The van der Waals surface area contributed by atoms with Crippen LogP contribution < -0.4 is 5.32 Å². The third-order valence-corrected chi connectivity index (χ3v) is 5.01. The molecule has 2 aromatic rings. The van der Waals surface area contributed by atoms with Gasteiger partial charge in [0, 0.05) is 18.3 Å². The lowest BCUT2D eigenvalue weighted by Crippen LogP contribution is -2.27. The second-order valence-corrected chi connectivity index (χ2v) is 6.28. The van der Waals surface area contributed by atoms with Gasteiger partial charge in [-0.15, -0.1) is 11.3 Å². The molecule has 1 aliphatic rings. The highest BCUT2D eigenvalue weighted by Gasteiger charge is 2.15. The van der Waals surface area contributed by atoms with E-state index in [0.29, 0.717) is 6.04 Å². The normalized spacial score (nSPS) is 20.6. The molecule has 16 heavy (non-hydrogen) atoms. The third kappa shape index (κ3) is 2.24. The molecular weight excluding hydrogens is 236 g/mol. The summed E-state index contributed by atoms with van der Waals surface area (Å²) in [6.07, 6.45) is 1.30. The first-order valence-corrected chi connectivity index (χ1v) is 7.54. The molecular formula is C12H14N2S2. The monoisotopic (exact) mass is 250 g/mol. The highest BCUT2D eigenvalue weighted by molar-refractivity contribution is 7.99. The maximum atomic E-state index is 4.62. The first-order valence-electron chi connectivity index (χ1n) is 5.57. The molecule has 0 aliphatic carbocycles. The summed E-state index contributed by atoms with van der Waals surface area (Å²) < 4.78 is 1.29. The number of aromatic nitrogens is 1. The summed E-state index contributed by atoms with van der Waals surface area (Å²) >= 11 is 3.84. The number of hydrogen-bond acceptors (Lipinski definition) is 4. The van der Waals surface area contributed by atoms with Crippen molar-refractivity contribution >= 4 is 33.3 Å². The molecule has 4 heteroatoms. The zero-order valence-electron chi connectivity index (χ0n) is 8.98. The molecule has 2 nitrogen and oxygen atoms in total. The van der Waals surface area contributed by atoms with Gasteiger partial charge in [-0.1, -0.05) is 12.1 Å². The molecule has 1 saturated heterocycles. The first kappa shape index (κ1) is 10.6. The number of benzene rings is 1. The second kappa shape index (κ2) is 4.73. The molecule has 1 aromatic carbocycles. The molecule has 0 radical (unpaired) electrons. The highest BCUT2D eigenvalue weighted by Crippen LogP contribution is 2.22. The van der Waals surface area contributed by atoms with Crippen molar-refractivity contribution in [2.24, 2.45) is 0 Å². The number of nitrogens with zero attached hydrogens (tertiary/aromatic N) is 1. The number of nitrogens with one attached hydrogen (secondary N) is 1. The molecule has 1 fully saturated rings. The average molecular weight is 250 g/mol. The Labute approximate surface area is 103 Å². The van der Waals surface area contributed by atoms with Gasteiger partial charge < -0.3 is 5.32 Å². The Kier molecular flexibility index (Phi) is 3.13. The predicted molar refractivity (Wildman–Crippen MR) is 72.2 cm³/mol. The van der Waals surface area contributed by atoms with Crippen LogP contribution in [0.1, 0.15) is 11.4 Å². The third-order valence-electron chi connectivity index (χ3n) is 2.81. The fourth-order valence-electron chi connectivity index (χ4n) is 1.92. The van der Waals surface area contributed by atoms with Crippen molar-refractivity contribution in [2.45, 2.75) is 19.0 Å². The van der Waals surface area contributed by atoms with Crippen molar-refractivity contribution in [1.29, 1.82) is 0 Å². The van der Waals surface area contributed by atoms with Crippen molar-refractivity contribution in [3.8, 4) is 0 Å². The summed E-state index contributed by atoms with van der Waals surface area (Å²) in [4.78, 5) is 4.62. The van der Waals surface area contributed by atoms with Crippen LogP contribution in [0, 0.1) is 0 Å². The van der Waals surface area contributed by atoms with Gasteiger partial charge in [-0.25, -0.2) is 4.98 Å². The summed E-state index contributed by atoms with van der Waals surface area (Å²) in [5.41, 5.74) is 1.13. The predicted octanol–water partition coefficient (Wildman–Crippen LogP) is 2.89. The molecule has 0 bridgehead atoms. The summed E-state index contributed by atoms with van der Waals surface area (Å²) in [6, 6.07) is 9.04. The minimum atomic E-state index is 0.692. The number of thiazole rings is 1. The Balaban J connectivity index is 1.69. The van der Waals surface area contributed by atoms with E-state index < -0.39 is 0 Å². The van der Waals surface area contributed by atoms with Gasteiger partial charge in [-0.3, -0.25) is 0 Å². The molecule has 1 unspecified atom stereocenters. The fraction of sp³-hybridized carbons (Fsp3) is 0.417. The van der Waals surface area contributed by atoms with Crippen molar-refractivity contribution in [3.05, 3.63) is 29.3 Å². The Bertz CT molecular complexity index is 442. The SMILES string of the molecule is c1ccc2sc(CNC3CCSC3)nc2c1. The molecule has 1 N–H and O–H groups in total. The lowest BCUT2D eigenvalue weighted by molar-refractivity contribution is 0.557. The van der Waals surface area contributed by atoms with E-state index in [4.69, 9.17) is 0 Å². The summed E-state index contributed by atoms with van der Waals surface area (Å²) in [5, 5.41) is 4.79. The summed E-state index contributed by atoms with van der Waals surface area (Å²) in [7, 11) is 0. The number of para-hydroxylation sites is 1. The van der Waals surface area contributed by atoms with E-state index >= 15 is 0 Å². The smallest absolute Gasteiger partial charge is 0.108 e. The van der Waals surface area contributed by atoms with Crippen LogP contribution in [0.4, 0.5) is 0 Å². The summed E-state index contributed by atoms with van der Waals surface area (Å²) in [5.74, 6) is 2.56. The van der Waals surface area contributed by atoms with E-state index in [0.717, 1.165) is 12.1 Å². The zero-order chi connectivity index (χ0) is 10.8. The molecule has 0 saturated carbocycles. The topological polar surface area (TPSA) is 24.9 Å². The van der Waals surface area contributed by atoms with Gasteiger partial charge >= 0.3 is 0 Å². The molecule has 3 rings (SSSR count). The quantitative estimate of drug-likeness (QED) is 0.906. The lowest BCUT2D eigenvalue weighted by Gasteiger charge is -2.08. The van der Waals surface area contributed by atoms with E-state index in [1.54, 1.807) is 11.3 Å². The molecule has 0 amide bonds. The van der Waals surface area contributed by atoms with Crippen molar-refractivity contribution in [2.75, 3.05) is 11.5 Å². The van der Waals surface area contributed by atoms with Gasteiger partial charge in [0.05, 0.1) is 10.2 Å². The number of thioether (sulfide) groups is 1. The van der Waals surface area contributed by atoms with Crippen LogP contribution in [0.3, 0.4) is 0 Å². The van der Waals surface area contributed by atoms with E-state index in [1.165, 1.54) is 27.6 Å². The van der Waals surface area contributed by atoms with Crippen LogP contribution >= 0.6 is 23.1 Å². The van der Waals surface area contributed by atoms with Crippen molar-refractivity contribution < 1.29 is 0 Å². The highest BCUT2D eigenvalue weighted by atomic mass is 32.2. The maximum Gasteiger partial charge on any atom is 0.108 e. The largest absolute Gasteiger partial charge is 0.307 e. The Morgan fingerprint density at radius 1 is 1.38 bits per heavy atom. The van der Waals surface area contributed by atoms with Crippen LogP contribution in [-0.4, -0.2) is 22.5 Å². The van der Waals surface area contributed by atoms with Crippen LogP contribution in [0.15, 0.2) is 24.3 Å². The average Bonchev–Trinajstić information content (AvgIpc) is 2.95. The van der Waals surface area contributed by atoms with Gasteiger partial charge in [0.15, 0.2) is 0 Å². The Hall–Kier alpha value is -0.580. The van der Waals surface area contributed by atoms with E-state index in [2.05, 4.69) is 28.5 Å². The summed E-state index contributed by atoms with van der Waals surface area (Å²) in [6.45, 7) is 0.921. The van der Waals surface area contributed by atoms with E-state index in [1.807, 2.05) is 17.8 Å². The van der Waals surface area contributed by atoms with Crippen molar-refractivity contribution in [1.82, 2.24) is 10.3 Å². The Morgan fingerprint density at radius 3 is 3.12 bits per heavy atom. The lowest BCUT2D eigenvalue weighted by atomic mass is 10.3. The number of rotatable bonds is 3. The van der Waals surface area contributed by atoms with Crippen LogP contribution in [0.25, 0.3) is 10.2 Å². The zero-order valence-corrected chi connectivity index (χ0v) is 10.6. The standard InChI is InChI=1S/C12H14N2S2/c1-2-4-11-10(3-1)14-12(16-11)7-13-9-5-6-15-8-9/h1-4,9,13H,5-8H2. The molecule has 1 atom stereocenters. The van der Waals surface area contributed by atoms with Gasteiger partial charge in [0.25, 0.3) is 0 Å². The van der Waals surface area contributed by atoms with E-state index in [9.17, 15) is 0 Å². The van der Waals surface area contributed by atoms with Gasteiger partial charge in [-0.2, -0.15) is 11.8 Å². The molecule has 2 heterocycles. The minimum absolute atomic E-state index is 0.692. The van der Waals surface area contributed by atoms with Crippen LogP contribution in [0.2, 0.25) is 0 Å². The molecule has 1 aliphatic heterocycles.